The van der Waals surface area contributed by atoms with E-state index in [1.807, 2.05) is 0 Å². The third-order valence-corrected chi connectivity index (χ3v) is 5.13. The molecule has 1 aromatic rings. The number of hydrogen-bond acceptors (Lipinski definition) is 5. The van der Waals surface area contributed by atoms with Crippen LogP contribution in [-0.4, -0.2) is 56.9 Å². The first-order valence-corrected chi connectivity index (χ1v) is 7.39. The van der Waals surface area contributed by atoms with Gasteiger partial charge in [0.2, 0.25) is 5.75 Å². The zero-order valence-corrected chi connectivity index (χ0v) is 13.5. The van der Waals surface area contributed by atoms with Crippen LogP contribution in [0.1, 0.15) is 0 Å². The molecule has 114 valence electrons. The maximum Gasteiger partial charge on any atom is 0.394 e. The zero-order valence-electron chi connectivity index (χ0n) is 12.6. The predicted molar refractivity (Wildman–Crippen MR) is 76.8 cm³/mol. The monoisotopic (exact) mass is 304 g/mol. The molecule has 0 bridgehead atoms. The summed E-state index contributed by atoms with van der Waals surface area (Å²) in [5.74, 6) is 0.464. The minimum Gasteiger partial charge on any atom is -0.504 e. The molecular formula is C12H21N2O5P. The largest absolute Gasteiger partial charge is 0.504 e. The number of ether oxygens (including phenoxy) is 2. The number of phenols is 1. The second-order valence-corrected chi connectivity index (χ2v) is 7.22. The maximum atomic E-state index is 12.8. The van der Waals surface area contributed by atoms with Crippen molar-refractivity contribution in [3.8, 4) is 23.0 Å². The van der Waals surface area contributed by atoms with E-state index in [0.717, 1.165) is 0 Å². The highest BCUT2D eigenvalue weighted by Gasteiger charge is 2.33. The lowest BCUT2D eigenvalue weighted by atomic mass is 10.3. The summed E-state index contributed by atoms with van der Waals surface area (Å²) in [5.41, 5.74) is 0. The SMILES string of the molecule is COc1cc(O)c(OP(=O)(N(C)C)N(C)C)c(OC)c1. The summed E-state index contributed by atoms with van der Waals surface area (Å²) in [5, 5.41) is 10.0. The topological polar surface area (TPSA) is 71.5 Å². The highest BCUT2D eigenvalue weighted by atomic mass is 31.2. The van der Waals surface area contributed by atoms with Gasteiger partial charge >= 0.3 is 7.67 Å². The molecule has 0 aliphatic rings. The van der Waals surface area contributed by atoms with E-state index < -0.39 is 7.67 Å². The van der Waals surface area contributed by atoms with Gasteiger partial charge in [-0.25, -0.2) is 13.9 Å². The Morgan fingerprint density at radius 2 is 1.60 bits per heavy atom. The number of phenolic OH excluding ortho intramolecular Hbond substituents is 1. The minimum absolute atomic E-state index is 0.0130. The van der Waals surface area contributed by atoms with Crippen molar-refractivity contribution in [3.05, 3.63) is 12.1 Å². The number of hydrogen-bond donors (Lipinski definition) is 1. The van der Waals surface area contributed by atoms with Crippen LogP contribution in [0.5, 0.6) is 23.0 Å². The van der Waals surface area contributed by atoms with Crippen LogP contribution in [0.3, 0.4) is 0 Å². The first-order valence-electron chi connectivity index (χ1n) is 5.86. The van der Waals surface area contributed by atoms with Gasteiger partial charge in [-0.3, -0.25) is 0 Å². The van der Waals surface area contributed by atoms with Crippen molar-refractivity contribution in [3.63, 3.8) is 0 Å². The Morgan fingerprint density at radius 1 is 1.05 bits per heavy atom. The molecular weight excluding hydrogens is 283 g/mol. The average molecular weight is 304 g/mol. The number of aromatic hydroxyl groups is 1. The molecule has 0 atom stereocenters. The minimum atomic E-state index is -3.29. The highest BCUT2D eigenvalue weighted by Crippen LogP contribution is 2.55. The molecule has 0 radical (unpaired) electrons. The smallest absolute Gasteiger partial charge is 0.394 e. The molecule has 0 aromatic heterocycles. The molecule has 0 saturated heterocycles. The van der Waals surface area contributed by atoms with E-state index in [1.54, 1.807) is 34.3 Å². The van der Waals surface area contributed by atoms with Gasteiger partial charge in [-0.05, 0) is 28.2 Å². The van der Waals surface area contributed by atoms with E-state index in [1.165, 1.54) is 29.6 Å². The molecule has 20 heavy (non-hydrogen) atoms. The van der Waals surface area contributed by atoms with Gasteiger partial charge < -0.3 is 19.1 Å². The van der Waals surface area contributed by atoms with E-state index in [-0.39, 0.29) is 17.2 Å². The lowest BCUT2D eigenvalue weighted by molar-refractivity contribution is 0.322. The van der Waals surface area contributed by atoms with Gasteiger partial charge in [0.1, 0.15) is 5.75 Å². The Morgan fingerprint density at radius 3 is 2.00 bits per heavy atom. The van der Waals surface area contributed by atoms with Crippen LogP contribution in [-0.2, 0) is 4.57 Å². The summed E-state index contributed by atoms with van der Waals surface area (Å²) in [6.07, 6.45) is 0. The Kier molecular flexibility index (Phi) is 5.28. The summed E-state index contributed by atoms with van der Waals surface area (Å²) in [7, 11) is 6.14. The molecule has 0 aliphatic heterocycles. The van der Waals surface area contributed by atoms with Crippen molar-refractivity contribution >= 4 is 7.67 Å². The summed E-state index contributed by atoms with van der Waals surface area (Å²) in [6.45, 7) is 0. The van der Waals surface area contributed by atoms with E-state index in [2.05, 4.69) is 0 Å². The molecule has 0 heterocycles. The molecule has 7 nitrogen and oxygen atoms in total. The van der Waals surface area contributed by atoms with Crippen molar-refractivity contribution in [2.24, 2.45) is 0 Å². The second kappa shape index (κ2) is 6.35. The van der Waals surface area contributed by atoms with Crippen LogP contribution in [0.25, 0.3) is 0 Å². The standard InChI is InChI=1S/C12H21N2O5P/c1-13(2)20(16,14(3)4)19-12-10(15)7-9(17-5)8-11(12)18-6/h7-8,15H,1-6H3. The van der Waals surface area contributed by atoms with Gasteiger partial charge in [0.15, 0.2) is 11.5 Å². The molecule has 1 N–H and O–H groups in total. The van der Waals surface area contributed by atoms with Crippen LogP contribution >= 0.6 is 7.67 Å². The van der Waals surface area contributed by atoms with Crippen molar-refractivity contribution < 1.29 is 23.7 Å². The molecule has 0 fully saturated rings. The normalized spacial score (nSPS) is 11.8. The fraction of sp³-hybridized carbons (Fsp3) is 0.500. The summed E-state index contributed by atoms with van der Waals surface area (Å²) >= 11 is 0. The van der Waals surface area contributed by atoms with Gasteiger partial charge in [-0.15, -0.1) is 0 Å². The van der Waals surface area contributed by atoms with E-state index in [9.17, 15) is 9.67 Å². The van der Waals surface area contributed by atoms with E-state index >= 15 is 0 Å². The molecule has 8 heteroatoms. The van der Waals surface area contributed by atoms with E-state index in [0.29, 0.717) is 5.75 Å². The van der Waals surface area contributed by atoms with Gasteiger partial charge in [-0.1, -0.05) is 0 Å². The fourth-order valence-electron chi connectivity index (χ4n) is 1.56. The third-order valence-electron chi connectivity index (χ3n) is 2.69. The van der Waals surface area contributed by atoms with Crippen LogP contribution in [0.15, 0.2) is 12.1 Å². The molecule has 0 spiro atoms. The molecule has 0 amide bonds. The van der Waals surface area contributed by atoms with Crippen LogP contribution in [0.2, 0.25) is 0 Å². The Hall–Kier alpha value is -1.43. The van der Waals surface area contributed by atoms with Crippen molar-refractivity contribution in [1.29, 1.82) is 0 Å². The number of nitrogens with zero attached hydrogens (tertiary/aromatic N) is 2. The predicted octanol–water partition coefficient (Wildman–Crippen LogP) is 2.02. The summed E-state index contributed by atoms with van der Waals surface area (Å²) < 4.78 is 31.4. The Labute approximate surface area is 119 Å². The number of methoxy groups -OCH3 is 2. The van der Waals surface area contributed by atoms with Crippen molar-refractivity contribution in [2.75, 3.05) is 42.4 Å². The molecule has 0 unspecified atom stereocenters. The van der Waals surface area contributed by atoms with Crippen LogP contribution in [0.4, 0.5) is 0 Å². The maximum absolute atomic E-state index is 12.8. The molecule has 1 aromatic carbocycles. The lowest BCUT2D eigenvalue weighted by Gasteiger charge is -2.30. The van der Waals surface area contributed by atoms with Crippen LogP contribution < -0.4 is 14.0 Å². The third kappa shape index (κ3) is 3.17. The zero-order chi connectivity index (χ0) is 15.5. The highest BCUT2D eigenvalue weighted by molar-refractivity contribution is 7.54. The first-order chi connectivity index (χ1) is 9.26. The number of benzene rings is 1. The lowest BCUT2D eigenvalue weighted by Crippen LogP contribution is -2.24. The van der Waals surface area contributed by atoms with Crippen LogP contribution in [0, 0.1) is 0 Å². The second-order valence-electron chi connectivity index (χ2n) is 4.45. The quantitative estimate of drug-likeness (QED) is 0.806. The summed E-state index contributed by atoms with van der Waals surface area (Å²) in [6, 6.07) is 2.91. The average Bonchev–Trinajstić information content (AvgIpc) is 2.39. The van der Waals surface area contributed by atoms with Gasteiger partial charge in [0.25, 0.3) is 0 Å². The molecule has 1 rings (SSSR count). The Bertz CT molecular complexity index is 507. The Balaban J connectivity index is 3.30. The van der Waals surface area contributed by atoms with Crippen molar-refractivity contribution in [2.45, 2.75) is 0 Å². The van der Waals surface area contributed by atoms with Gasteiger partial charge in [0, 0.05) is 12.1 Å². The van der Waals surface area contributed by atoms with Crippen molar-refractivity contribution in [1.82, 2.24) is 9.34 Å². The van der Waals surface area contributed by atoms with Gasteiger partial charge in [-0.2, -0.15) is 0 Å². The summed E-state index contributed by atoms with van der Waals surface area (Å²) in [4.78, 5) is 0. The first kappa shape index (κ1) is 16.6. The fourth-order valence-corrected chi connectivity index (χ4v) is 3.03. The van der Waals surface area contributed by atoms with Gasteiger partial charge in [0.05, 0.1) is 14.2 Å². The molecule has 0 saturated carbocycles. The molecule has 0 aliphatic carbocycles. The number of rotatable bonds is 6. The van der Waals surface area contributed by atoms with E-state index in [4.69, 9.17) is 14.0 Å².